The first-order chi connectivity index (χ1) is 7.33. The number of unbranched alkanes of at least 4 members (excludes halogenated alkanes) is 1. The van der Waals surface area contributed by atoms with Crippen molar-refractivity contribution in [3.63, 3.8) is 0 Å². The lowest BCUT2D eigenvalue weighted by Crippen LogP contribution is -2.08. The van der Waals surface area contributed by atoms with Crippen molar-refractivity contribution in [1.82, 2.24) is 0 Å². The number of hydrogen-bond donors (Lipinski definition) is 1. The summed E-state index contributed by atoms with van der Waals surface area (Å²) < 4.78 is 5.09. The van der Waals surface area contributed by atoms with Crippen molar-refractivity contribution < 1.29 is 9.53 Å². The molecule has 0 saturated carbocycles. The molecule has 0 aliphatic rings. The Balaban J connectivity index is 2.02. The third-order valence-corrected chi connectivity index (χ3v) is 2.96. The second kappa shape index (κ2) is 7.43. The van der Waals surface area contributed by atoms with Gasteiger partial charge in [-0.25, -0.2) is 0 Å². The van der Waals surface area contributed by atoms with Crippen molar-refractivity contribution in [1.29, 1.82) is 0 Å². The third-order valence-electron chi connectivity index (χ3n) is 2.03. The Kier molecular flexibility index (Phi) is 6.04. The fourth-order valence-electron chi connectivity index (χ4n) is 1.21. The monoisotopic (exact) mass is 227 g/mol. The van der Waals surface area contributed by atoms with Gasteiger partial charge in [0, 0.05) is 17.7 Å². The summed E-state index contributed by atoms with van der Waals surface area (Å²) in [5.41, 5.74) is 5.33. The van der Waals surface area contributed by atoms with E-state index in [1.165, 1.54) is 4.88 Å². The van der Waals surface area contributed by atoms with Crippen LogP contribution < -0.4 is 5.73 Å². The van der Waals surface area contributed by atoms with Gasteiger partial charge in [-0.1, -0.05) is 6.07 Å². The fourth-order valence-corrected chi connectivity index (χ4v) is 1.90. The molecule has 15 heavy (non-hydrogen) atoms. The van der Waals surface area contributed by atoms with E-state index < -0.39 is 0 Å². The van der Waals surface area contributed by atoms with E-state index in [2.05, 4.69) is 0 Å². The smallest absolute Gasteiger partial charge is 0.305 e. The van der Waals surface area contributed by atoms with Gasteiger partial charge >= 0.3 is 5.97 Å². The Hall–Kier alpha value is -0.870. The summed E-state index contributed by atoms with van der Waals surface area (Å²) in [4.78, 5) is 12.4. The van der Waals surface area contributed by atoms with Crippen molar-refractivity contribution in [3.05, 3.63) is 22.4 Å². The van der Waals surface area contributed by atoms with Crippen LogP contribution in [0.1, 0.15) is 24.1 Å². The van der Waals surface area contributed by atoms with Crippen molar-refractivity contribution in [2.45, 2.75) is 25.7 Å². The fraction of sp³-hybridized carbons (Fsp3) is 0.545. The molecule has 1 aromatic heterocycles. The summed E-state index contributed by atoms with van der Waals surface area (Å²) in [5, 5.41) is 2.03. The maximum Gasteiger partial charge on any atom is 0.305 e. The summed E-state index contributed by atoms with van der Waals surface area (Å²) in [6.45, 7) is 1.13. The molecule has 0 saturated heterocycles. The highest BCUT2D eigenvalue weighted by Crippen LogP contribution is 2.09. The summed E-state index contributed by atoms with van der Waals surface area (Å²) in [7, 11) is 0. The van der Waals surface area contributed by atoms with Crippen molar-refractivity contribution in [3.8, 4) is 0 Å². The molecular weight excluding hydrogens is 210 g/mol. The molecular formula is C11H17NO2S. The number of carbonyl (C=O) groups excluding carboxylic acids is 1. The standard InChI is InChI=1S/C11H17NO2S/c12-7-2-1-5-11(13)14-8-6-10-4-3-9-15-10/h3-4,9H,1-2,5-8,12H2. The summed E-state index contributed by atoms with van der Waals surface area (Å²) in [6.07, 6.45) is 3.02. The molecule has 0 aromatic carbocycles. The van der Waals surface area contributed by atoms with Crippen LogP contribution in [0.25, 0.3) is 0 Å². The molecule has 1 heterocycles. The zero-order valence-corrected chi connectivity index (χ0v) is 9.59. The van der Waals surface area contributed by atoms with Crippen LogP contribution in [0, 0.1) is 0 Å². The Morgan fingerprint density at radius 1 is 1.47 bits per heavy atom. The molecule has 4 heteroatoms. The zero-order chi connectivity index (χ0) is 10.9. The molecule has 0 radical (unpaired) electrons. The van der Waals surface area contributed by atoms with Gasteiger partial charge in [0.1, 0.15) is 0 Å². The zero-order valence-electron chi connectivity index (χ0n) is 8.78. The highest BCUT2D eigenvalue weighted by Gasteiger charge is 2.02. The first-order valence-corrected chi connectivity index (χ1v) is 6.09. The molecule has 0 fully saturated rings. The number of hydrogen-bond acceptors (Lipinski definition) is 4. The number of ether oxygens (including phenoxy) is 1. The van der Waals surface area contributed by atoms with Crippen molar-refractivity contribution >= 4 is 17.3 Å². The van der Waals surface area contributed by atoms with Crippen LogP contribution in [0.2, 0.25) is 0 Å². The van der Waals surface area contributed by atoms with E-state index >= 15 is 0 Å². The van der Waals surface area contributed by atoms with Gasteiger partial charge in [-0.2, -0.15) is 0 Å². The third kappa shape index (κ3) is 5.54. The van der Waals surface area contributed by atoms with Gasteiger partial charge in [-0.3, -0.25) is 4.79 Å². The lowest BCUT2D eigenvalue weighted by atomic mass is 10.2. The van der Waals surface area contributed by atoms with Crippen LogP contribution in [-0.2, 0) is 16.0 Å². The number of rotatable bonds is 7. The molecule has 0 aliphatic carbocycles. The second-order valence-electron chi connectivity index (χ2n) is 3.30. The molecule has 1 aromatic rings. The van der Waals surface area contributed by atoms with Gasteiger partial charge in [0.05, 0.1) is 6.61 Å². The van der Waals surface area contributed by atoms with Crippen LogP contribution in [0.15, 0.2) is 17.5 Å². The van der Waals surface area contributed by atoms with Crippen LogP contribution >= 0.6 is 11.3 Å². The number of esters is 1. The summed E-state index contributed by atoms with van der Waals surface area (Å²) in [5.74, 6) is -0.111. The number of carbonyl (C=O) groups is 1. The van der Waals surface area contributed by atoms with E-state index in [0.717, 1.165) is 19.3 Å². The van der Waals surface area contributed by atoms with Crippen molar-refractivity contribution in [2.75, 3.05) is 13.2 Å². The first kappa shape index (κ1) is 12.2. The predicted molar refractivity (Wildman–Crippen MR) is 61.9 cm³/mol. The number of thiophene rings is 1. The van der Waals surface area contributed by atoms with Gasteiger partial charge in [0.25, 0.3) is 0 Å². The Labute approximate surface area is 94.2 Å². The SMILES string of the molecule is NCCCCC(=O)OCCc1cccs1. The Morgan fingerprint density at radius 2 is 2.33 bits per heavy atom. The van der Waals surface area contributed by atoms with Gasteiger partial charge in [0.15, 0.2) is 0 Å². The molecule has 0 amide bonds. The van der Waals surface area contributed by atoms with Gasteiger partial charge < -0.3 is 10.5 Å². The van der Waals surface area contributed by atoms with Crippen LogP contribution in [0.3, 0.4) is 0 Å². The van der Waals surface area contributed by atoms with Gasteiger partial charge in [-0.05, 0) is 30.8 Å². The highest BCUT2D eigenvalue weighted by atomic mass is 32.1. The quantitative estimate of drug-likeness (QED) is 0.572. The van der Waals surface area contributed by atoms with E-state index in [-0.39, 0.29) is 5.97 Å². The lowest BCUT2D eigenvalue weighted by molar-refractivity contribution is -0.143. The molecule has 2 N–H and O–H groups in total. The maximum absolute atomic E-state index is 11.2. The topological polar surface area (TPSA) is 52.3 Å². The van der Waals surface area contributed by atoms with E-state index in [4.69, 9.17) is 10.5 Å². The number of nitrogens with two attached hydrogens (primary N) is 1. The molecule has 3 nitrogen and oxygen atoms in total. The van der Waals surface area contributed by atoms with Crippen LogP contribution in [0.5, 0.6) is 0 Å². The Bertz CT molecular complexity index is 272. The minimum Gasteiger partial charge on any atom is -0.465 e. The molecule has 0 spiro atoms. The minimum atomic E-state index is -0.111. The molecule has 0 aliphatic heterocycles. The molecule has 0 atom stereocenters. The van der Waals surface area contributed by atoms with E-state index in [1.807, 2.05) is 17.5 Å². The summed E-state index contributed by atoms with van der Waals surface area (Å²) in [6, 6.07) is 4.05. The molecule has 1 rings (SSSR count). The maximum atomic E-state index is 11.2. The normalized spacial score (nSPS) is 10.2. The first-order valence-electron chi connectivity index (χ1n) is 5.21. The highest BCUT2D eigenvalue weighted by molar-refractivity contribution is 7.09. The van der Waals surface area contributed by atoms with E-state index in [1.54, 1.807) is 11.3 Å². The minimum absolute atomic E-state index is 0.111. The summed E-state index contributed by atoms with van der Waals surface area (Å²) >= 11 is 1.69. The Morgan fingerprint density at radius 3 is 3.00 bits per heavy atom. The molecule has 0 unspecified atom stereocenters. The largest absolute Gasteiger partial charge is 0.465 e. The average Bonchev–Trinajstić information content (AvgIpc) is 2.71. The van der Waals surface area contributed by atoms with E-state index in [0.29, 0.717) is 19.6 Å². The molecule has 84 valence electrons. The van der Waals surface area contributed by atoms with E-state index in [9.17, 15) is 4.79 Å². The van der Waals surface area contributed by atoms with Crippen LogP contribution in [0.4, 0.5) is 0 Å². The van der Waals surface area contributed by atoms with Gasteiger partial charge in [0.2, 0.25) is 0 Å². The molecule has 0 bridgehead atoms. The van der Waals surface area contributed by atoms with Gasteiger partial charge in [-0.15, -0.1) is 11.3 Å². The van der Waals surface area contributed by atoms with Crippen LogP contribution in [-0.4, -0.2) is 19.1 Å². The average molecular weight is 227 g/mol. The lowest BCUT2D eigenvalue weighted by Gasteiger charge is -2.03. The second-order valence-corrected chi connectivity index (χ2v) is 4.33. The van der Waals surface area contributed by atoms with Crippen molar-refractivity contribution in [2.24, 2.45) is 5.73 Å². The predicted octanol–water partition coefficient (Wildman–Crippen LogP) is 1.96.